The fourth-order valence-electron chi connectivity index (χ4n) is 3.79. The molecular weight excluding hydrogens is 304 g/mol. The third-order valence-electron chi connectivity index (χ3n) is 5.06. The van der Waals surface area contributed by atoms with E-state index in [1.54, 1.807) is 0 Å². The first kappa shape index (κ1) is 15.4. The number of rotatable bonds is 3. The molecule has 0 saturated carbocycles. The zero-order valence-corrected chi connectivity index (χ0v) is 13.8. The van der Waals surface area contributed by atoms with E-state index >= 15 is 0 Å². The maximum atomic E-state index is 13.0. The lowest BCUT2D eigenvalue weighted by molar-refractivity contribution is 0.158. The molecule has 4 rings (SSSR count). The van der Waals surface area contributed by atoms with Gasteiger partial charge in [0, 0.05) is 17.6 Å². The highest BCUT2D eigenvalue weighted by Crippen LogP contribution is 2.30. The summed E-state index contributed by atoms with van der Waals surface area (Å²) in [7, 11) is 0. The molecule has 4 N–H and O–H groups in total. The number of nitrogens with zero attached hydrogens (tertiary/aromatic N) is 2. The SMILES string of the molecule is Cc1[nH]nc2c1c(=O)n(CCCN)c1cc3c(cc21)CCC(O)C3. The van der Waals surface area contributed by atoms with Crippen molar-refractivity contribution in [1.82, 2.24) is 14.8 Å². The Morgan fingerprint density at radius 1 is 1.42 bits per heavy atom. The summed E-state index contributed by atoms with van der Waals surface area (Å²) >= 11 is 0. The van der Waals surface area contributed by atoms with E-state index in [1.807, 2.05) is 11.5 Å². The van der Waals surface area contributed by atoms with E-state index < -0.39 is 0 Å². The molecule has 6 nitrogen and oxygen atoms in total. The molecule has 0 radical (unpaired) electrons. The Kier molecular flexibility index (Phi) is 3.66. The largest absolute Gasteiger partial charge is 0.393 e. The zero-order valence-electron chi connectivity index (χ0n) is 13.8. The lowest BCUT2D eigenvalue weighted by Gasteiger charge is -2.22. The number of aromatic nitrogens is 3. The number of aromatic amines is 1. The first-order chi connectivity index (χ1) is 11.6. The number of aliphatic hydroxyl groups excluding tert-OH is 1. The van der Waals surface area contributed by atoms with Crippen LogP contribution in [-0.2, 0) is 19.4 Å². The number of nitrogens with one attached hydrogen (secondary N) is 1. The molecule has 0 spiro atoms. The Bertz CT molecular complexity index is 986. The van der Waals surface area contributed by atoms with Crippen molar-refractivity contribution in [3.8, 4) is 0 Å². The lowest BCUT2D eigenvalue weighted by atomic mass is 9.88. The van der Waals surface area contributed by atoms with Crippen LogP contribution in [0.25, 0.3) is 21.8 Å². The minimum atomic E-state index is -0.296. The van der Waals surface area contributed by atoms with Gasteiger partial charge in [-0.2, -0.15) is 5.10 Å². The molecule has 0 bridgehead atoms. The Hall–Kier alpha value is -2.18. The molecule has 6 heteroatoms. The number of hydrogen-bond acceptors (Lipinski definition) is 4. The molecule has 1 aromatic carbocycles. The van der Waals surface area contributed by atoms with Crippen LogP contribution in [0.15, 0.2) is 16.9 Å². The van der Waals surface area contributed by atoms with Crippen LogP contribution in [-0.4, -0.2) is 32.5 Å². The summed E-state index contributed by atoms with van der Waals surface area (Å²) in [5.74, 6) is 0. The number of pyridine rings is 1. The van der Waals surface area contributed by atoms with Crippen molar-refractivity contribution in [3.05, 3.63) is 39.3 Å². The smallest absolute Gasteiger partial charge is 0.262 e. The van der Waals surface area contributed by atoms with Crippen molar-refractivity contribution >= 4 is 21.8 Å². The van der Waals surface area contributed by atoms with Gasteiger partial charge in [-0.15, -0.1) is 0 Å². The number of H-pyrrole nitrogens is 1. The molecule has 1 unspecified atom stereocenters. The Morgan fingerprint density at radius 3 is 3.04 bits per heavy atom. The molecule has 2 aromatic heterocycles. The van der Waals surface area contributed by atoms with Crippen molar-refractivity contribution in [2.24, 2.45) is 5.73 Å². The van der Waals surface area contributed by atoms with Crippen molar-refractivity contribution in [2.45, 2.75) is 45.3 Å². The van der Waals surface area contributed by atoms with Crippen LogP contribution < -0.4 is 11.3 Å². The Morgan fingerprint density at radius 2 is 2.25 bits per heavy atom. The van der Waals surface area contributed by atoms with E-state index in [1.165, 1.54) is 5.56 Å². The highest BCUT2D eigenvalue weighted by molar-refractivity contribution is 6.04. The molecule has 24 heavy (non-hydrogen) atoms. The van der Waals surface area contributed by atoms with Crippen LogP contribution in [0, 0.1) is 6.92 Å². The average molecular weight is 326 g/mol. The number of nitrogens with two attached hydrogens (primary N) is 1. The van der Waals surface area contributed by atoms with Crippen LogP contribution in [0.5, 0.6) is 0 Å². The number of aryl methyl sites for hydroxylation is 3. The highest BCUT2D eigenvalue weighted by Gasteiger charge is 2.21. The van der Waals surface area contributed by atoms with Crippen LogP contribution in [0.1, 0.15) is 29.7 Å². The third kappa shape index (κ3) is 2.25. The van der Waals surface area contributed by atoms with Gasteiger partial charge in [-0.3, -0.25) is 9.89 Å². The molecular formula is C18H22N4O2. The van der Waals surface area contributed by atoms with Gasteiger partial charge in [-0.05, 0) is 62.4 Å². The summed E-state index contributed by atoms with van der Waals surface area (Å²) in [6.07, 6.45) is 2.74. The summed E-state index contributed by atoms with van der Waals surface area (Å²) in [6, 6.07) is 4.21. The van der Waals surface area contributed by atoms with Gasteiger partial charge in [-0.1, -0.05) is 0 Å². The molecule has 126 valence electrons. The van der Waals surface area contributed by atoms with Crippen molar-refractivity contribution < 1.29 is 5.11 Å². The molecule has 0 aliphatic heterocycles. The summed E-state index contributed by atoms with van der Waals surface area (Å²) in [5.41, 5.74) is 10.4. The van der Waals surface area contributed by atoms with E-state index in [9.17, 15) is 9.90 Å². The van der Waals surface area contributed by atoms with Crippen LogP contribution >= 0.6 is 0 Å². The summed E-state index contributed by atoms with van der Waals surface area (Å²) < 4.78 is 1.81. The molecule has 0 fully saturated rings. The maximum Gasteiger partial charge on any atom is 0.262 e. The van der Waals surface area contributed by atoms with Crippen LogP contribution in [0.2, 0.25) is 0 Å². The van der Waals surface area contributed by atoms with Crippen LogP contribution in [0.3, 0.4) is 0 Å². The van der Waals surface area contributed by atoms with Gasteiger partial charge in [0.05, 0.1) is 17.0 Å². The summed E-state index contributed by atoms with van der Waals surface area (Å²) in [5, 5.41) is 19.0. The zero-order chi connectivity index (χ0) is 16.8. The number of aliphatic hydroxyl groups is 1. The Balaban J connectivity index is 2.08. The number of hydrogen-bond donors (Lipinski definition) is 3. The molecule has 1 aliphatic carbocycles. The quantitative estimate of drug-likeness (QED) is 0.677. The van der Waals surface area contributed by atoms with E-state index in [2.05, 4.69) is 22.3 Å². The van der Waals surface area contributed by atoms with Gasteiger partial charge in [0.25, 0.3) is 5.56 Å². The highest BCUT2D eigenvalue weighted by atomic mass is 16.3. The average Bonchev–Trinajstić information content (AvgIpc) is 2.95. The molecule has 1 aliphatic rings. The number of benzene rings is 1. The van der Waals surface area contributed by atoms with Gasteiger partial charge < -0.3 is 15.4 Å². The maximum absolute atomic E-state index is 13.0. The predicted molar refractivity (Wildman–Crippen MR) is 94.3 cm³/mol. The second-order valence-electron chi connectivity index (χ2n) is 6.71. The fourth-order valence-corrected chi connectivity index (χ4v) is 3.79. The standard InChI is InChI=1S/C18H22N4O2/c1-10-16-17(21-20-10)14-8-11-3-4-13(23)7-12(11)9-15(14)22(18(16)24)6-2-5-19/h8-9,13,23H,2-7,19H2,1H3,(H,20,21). The number of fused-ring (bicyclic) bond motifs is 4. The minimum absolute atomic E-state index is 0.0199. The normalized spacial score (nSPS) is 17.5. The van der Waals surface area contributed by atoms with Gasteiger partial charge in [0.15, 0.2) is 0 Å². The monoisotopic (exact) mass is 326 g/mol. The second kappa shape index (κ2) is 5.72. The van der Waals surface area contributed by atoms with Gasteiger partial charge >= 0.3 is 0 Å². The minimum Gasteiger partial charge on any atom is -0.393 e. The van der Waals surface area contributed by atoms with Gasteiger partial charge in [-0.25, -0.2) is 0 Å². The fraction of sp³-hybridized carbons (Fsp3) is 0.444. The molecule has 0 saturated heterocycles. The van der Waals surface area contributed by atoms with E-state index in [4.69, 9.17) is 5.73 Å². The van der Waals surface area contributed by atoms with Gasteiger partial charge in [0.2, 0.25) is 0 Å². The second-order valence-corrected chi connectivity index (χ2v) is 6.71. The molecule has 2 heterocycles. The van der Waals surface area contributed by atoms with E-state index in [-0.39, 0.29) is 11.7 Å². The summed E-state index contributed by atoms with van der Waals surface area (Å²) in [6.45, 7) is 3.01. The molecule has 3 aromatic rings. The van der Waals surface area contributed by atoms with Crippen molar-refractivity contribution in [3.63, 3.8) is 0 Å². The summed E-state index contributed by atoms with van der Waals surface area (Å²) in [4.78, 5) is 13.0. The van der Waals surface area contributed by atoms with Crippen molar-refractivity contribution in [1.29, 1.82) is 0 Å². The van der Waals surface area contributed by atoms with Gasteiger partial charge in [0.1, 0.15) is 5.52 Å². The first-order valence-electron chi connectivity index (χ1n) is 8.51. The topological polar surface area (TPSA) is 96.9 Å². The molecule has 1 atom stereocenters. The van der Waals surface area contributed by atoms with Crippen LogP contribution in [0.4, 0.5) is 0 Å². The van der Waals surface area contributed by atoms with E-state index in [0.29, 0.717) is 24.9 Å². The van der Waals surface area contributed by atoms with E-state index in [0.717, 1.165) is 46.9 Å². The Labute approximate surface area is 139 Å². The van der Waals surface area contributed by atoms with Crippen molar-refractivity contribution in [2.75, 3.05) is 6.54 Å². The molecule has 0 amide bonds. The first-order valence-corrected chi connectivity index (χ1v) is 8.51. The predicted octanol–water partition coefficient (Wildman–Crippen LogP) is 1.38. The lowest BCUT2D eigenvalue weighted by Crippen LogP contribution is -2.24. The third-order valence-corrected chi connectivity index (χ3v) is 5.06.